The summed E-state index contributed by atoms with van der Waals surface area (Å²) in [5.41, 5.74) is 1.78. The van der Waals surface area contributed by atoms with Gasteiger partial charge in [0.25, 0.3) is 0 Å². The Hall–Kier alpha value is -1.95. The molecule has 0 fully saturated rings. The van der Waals surface area contributed by atoms with Crippen molar-refractivity contribution in [3.05, 3.63) is 46.3 Å². The van der Waals surface area contributed by atoms with Crippen molar-refractivity contribution in [3.63, 3.8) is 0 Å². The Kier molecular flexibility index (Phi) is 6.52. The molecule has 0 bridgehead atoms. The number of carbonyl (C=O) groups excluding carboxylic acids is 1. The zero-order chi connectivity index (χ0) is 16.7. The summed E-state index contributed by atoms with van der Waals surface area (Å²) in [6, 6.07) is 5.50. The van der Waals surface area contributed by atoms with Crippen LogP contribution in [0.4, 0.5) is 0 Å². The van der Waals surface area contributed by atoms with E-state index in [4.69, 9.17) is 13.9 Å². The SMILES string of the molecule is CCOc1cc(Br)c(CC(=O)NCc2ccoc2)cc1OCC. The van der Waals surface area contributed by atoms with E-state index in [2.05, 4.69) is 21.2 Å². The predicted molar refractivity (Wildman–Crippen MR) is 90.7 cm³/mol. The fourth-order valence-corrected chi connectivity index (χ4v) is 2.54. The molecule has 2 aromatic rings. The highest BCUT2D eigenvalue weighted by Crippen LogP contribution is 2.34. The molecule has 0 saturated carbocycles. The van der Waals surface area contributed by atoms with Crippen LogP contribution in [0.25, 0.3) is 0 Å². The van der Waals surface area contributed by atoms with Crippen LogP contribution in [0.2, 0.25) is 0 Å². The van der Waals surface area contributed by atoms with Crippen LogP contribution in [0, 0.1) is 0 Å². The Labute approximate surface area is 144 Å². The topological polar surface area (TPSA) is 60.7 Å². The number of benzene rings is 1. The van der Waals surface area contributed by atoms with Gasteiger partial charge in [-0.3, -0.25) is 4.79 Å². The first-order valence-corrected chi connectivity index (χ1v) is 8.29. The maximum atomic E-state index is 12.1. The molecule has 23 heavy (non-hydrogen) atoms. The summed E-state index contributed by atoms with van der Waals surface area (Å²) < 4.78 is 17.0. The molecule has 1 aromatic carbocycles. The Morgan fingerprint density at radius 3 is 2.52 bits per heavy atom. The quantitative estimate of drug-likeness (QED) is 0.757. The van der Waals surface area contributed by atoms with E-state index in [0.29, 0.717) is 31.3 Å². The molecule has 0 aliphatic heterocycles. The zero-order valence-corrected chi connectivity index (χ0v) is 14.8. The van der Waals surface area contributed by atoms with Crippen LogP contribution < -0.4 is 14.8 Å². The van der Waals surface area contributed by atoms with Gasteiger partial charge in [-0.15, -0.1) is 0 Å². The molecule has 124 valence electrons. The number of hydrogen-bond donors (Lipinski definition) is 1. The first-order chi connectivity index (χ1) is 11.1. The highest BCUT2D eigenvalue weighted by molar-refractivity contribution is 9.10. The Bertz CT molecular complexity index is 640. The molecule has 1 N–H and O–H groups in total. The lowest BCUT2D eigenvalue weighted by Gasteiger charge is -2.14. The first-order valence-electron chi connectivity index (χ1n) is 7.49. The largest absolute Gasteiger partial charge is 0.490 e. The zero-order valence-electron chi connectivity index (χ0n) is 13.2. The number of carbonyl (C=O) groups is 1. The van der Waals surface area contributed by atoms with E-state index in [-0.39, 0.29) is 12.3 Å². The van der Waals surface area contributed by atoms with Crippen LogP contribution in [0.5, 0.6) is 11.5 Å². The number of hydrogen-bond acceptors (Lipinski definition) is 4. The molecular weight excluding hydrogens is 362 g/mol. The maximum absolute atomic E-state index is 12.1. The van der Waals surface area contributed by atoms with E-state index >= 15 is 0 Å². The Balaban J connectivity index is 2.05. The Morgan fingerprint density at radius 1 is 1.22 bits per heavy atom. The van der Waals surface area contributed by atoms with Gasteiger partial charge in [0, 0.05) is 16.6 Å². The van der Waals surface area contributed by atoms with Gasteiger partial charge in [0.15, 0.2) is 11.5 Å². The fraction of sp³-hybridized carbons (Fsp3) is 0.353. The summed E-state index contributed by atoms with van der Waals surface area (Å²) in [4.78, 5) is 12.1. The molecule has 0 aliphatic carbocycles. The third-order valence-corrected chi connectivity index (χ3v) is 3.87. The van der Waals surface area contributed by atoms with Crippen LogP contribution in [-0.4, -0.2) is 19.1 Å². The number of halogens is 1. The van der Waals surface area contributed by atoms with Gasteiger partial charge in [-0.1, -0.05) is 15.9 Å². The van der Waals surface area contributed by atoms with Crippen molar-refractivity contribution in [2.75, 3.05) is 13.2 Å². The van der Waals surface area contributed by atoms with Crippen molar-refractivity contribution in [2.45, 2.75) is 26.8 Å². The van der Waals surface area contributed by atoms with Crippen molar-refractivity contribution < 1.29 is 18.7 Å². The second-order valence-electron chi connectivity index (χ2n) is 4.84. The van der Waals surface area contributed by atoms with Crippen LogP contribution in [-0.2, 0) is 17.8 Å². The van der Waals surface area contributed by atoms with Crippen molar-refractivity contribution in [2.24, 2.45) is 0 Å². The fourth-order valence-electron chi connectivity index (χ4n) is 2.08. The summed E-state index contributed by atoms with van der Waals surface area (Å²) >= 11 is 3.49. The average molecular weight is 382 g/mol. The average Bonchev–Trinajstić information content (AvgIpc) is 3.03. The van der Waals surface area contributed by atoms with Gasteiger partial charge in [0.2, 0.25) is 5.91 Å². The lowest BCUT2D eigenvalue weighted by atomic mass is 10.1. The molecule has 0 unspecified atom stereocenters. The van der Waals surface area contributed by atoms with Crippen LogP contribution in [0.1, 0.15) is 25.0 Å². The minimum absolute atomic E-state index is 0.0708. The minimum atomic E-state index is -0.0708. The van der Waals surface area contributed by atoms with Crippen LogP contribution in [0.3, 0.4) is 0 Å². The molecule has 6 heteroatoms. The van der Waals surface area contributed by atoms with Gasteiger partial charge in [-0.05, 0) is 37.6 Å². The molecule has 0 spiro atoms. The van der Waals surface area contributed by atoms with E-state index in [1.165, 1.54) is 0 Å². The van der Waals surface area contributed by atoms with E-state index in [0.717, 1.165) is 15.6 Å². The van der Waals surface area contributed by atoms with Gasteiger partial charge in [-0.25, -0.2) is 0 Å². The lowest BCUT2D eigenvalue weighted by Crippen LogP contribution is -2.24. The second kappa shape index (κ2) is 8.62. The number of furan rings is 1. The highest BCUT2D eigenvalue weighted by Gasteiger charge is 2.13. The molecule has 0 radical (unpaired) electrons. The maximum Gasteiger partial charge on any atom is 0.224 e. The lowest BCUT2D eigenvalue weighted by molar-refractivity contribution is -0.120. The predicted octanol–water partition coefficient (Wildman–Crippen LogP) is 3.70. The molecule has 1 amide bonds. The molecule has 2 rings (SSSR count). The van der Waals surface area contributed by atoms with Crippen molar-refractivity contribution in [1.82, 2.24) is 5.32 Å². The molecule has 0 atom stereocenters. The van der Waals surface area contributed by atoms with Crippen molar-refractivity contribution in [3.8, 4) is 11.5 Å². The van der Waals surface area contributed by atoms with E-state index in [9.17, 15) is 4.79 Å². The summed E-state index contributed by atoms with van der Waals surface area (Å²) in [5.74, 6) is 1.25. The molecule has 1 heterocycles. The molecule has 0 aliphatic rings. The summed E-state index contributed by atoms with van der Waals surface area (Å²) in [5, 5.41) is 2.86. The second-order valence-corrected chi connectivity index (χ2v) is 5.70. The monoisotopic (exact) mass is 381 g/mol. The van der Waals surface area contributed by atoms with E-state index in [1.54, 1.807) is 12.5 Å². The summed E-state index contributed by atoms with van der Waals surface area (Å²) in [6.07, 6.45) is 3.45. The minimum Gasteiger partial charge on any atom is -0.490 e. The van der Waals surface area contributed by atoms with E-state index < -0.39 is 0 Å². The van der Waals surface area contributed by atoms with Crippen molar-refractivity contribution in [1.29, 1.82) is 0 Å². The number of rotatable bonds is 8. The normalized spacial score (nSPS) is 10.4. The third kappa shape index (κ3) is 5.03. The van der Waals surface area contributed by atoms with Gasteiger partial charge >= 0.3 is 0 Å². The van der Waals surface area contributed by atoms with Gasteiger partial charge < -0.3 is 19.2 Å². The number of nitrogens with one attached hydrogen (secondary N) is 1. The third-order valence-electron chi connectivity index (χ3n) is 3.13. The summed E-state index contributed by atoms with van der Waals surface area (Å²) in [6.45, 7) is 5.36. The molecular formula is C17H20BrNO4. The number of amides is 1. The Morgan fingerprint density at radius 2 is 1.91 bits per heavy atom. The van der Waals surface area contributed by atoms with Crippen LogP contribution in [0.15, 0.2) is 39.6 Å². The number of ether oxygens (including phenoxy) is 2. The highest BCUT2D eigenvalue weighted by atomic mass is 79.9. The van der Waals surface area contributed by atoms with Gasteiger partial charge in [0.1, 0.15) is 0 Å². The van der Waals surface area contributed by atoms with Crippen LogP contribution >= 0.6 is 15.9 Å². The van der Waals surface area contributed by atoms with Crippen molar-refractivity contribution >= 4 is 21.8 Å². The standard InChI is InChI=1S/C17H20BrNO4/c1-3-22-15-7-13(14(18)9-16(15)23-4-2)8-17(20)19-10-12-5-6-21-11-12/h5-7,9,11H,3-4,8,10H2,1-2H3,(H,19,20). The smallest absolute Gasteiger partial charge is 0.224 e. The van der Waals surface area contributed by atoms with Gasteiger partial charge in [-0.2, -0.15) is 0 Å². The van der Waals surface area contributed by atoms with Gasteiger partial charge in [0.05, 0.1) is 32.2 Å². The van der Waals surface area contributed by atoms with E-state index in [1.807, 2.05) is 32.0 Å². The first kappa shape index (κ1) is 17.4. The molecule has 5 nitrogen and oxygen atoms in total. The molecule has 0 saturated heterocycles. The molecule has 1 aromatic heterocycles. The summed E-state index contributed by atoms with van der Waals surface area (Å²) in [7, 11) is 0.